The second-order valence-corrected chi connectivity index (χ2v) is 6.25. The molecule has 0 atom stereocenters. The molecule has 0 saturated heterocycles. The minimum atomic E-state index is 0.283. The molecule has 3 rings (SSSR count). The molecule has 1 heterocycles. The van der Waals surface area contributed by atoms with Gasteiger partial charge in [-0.3, -0.25) is 4.79 Å². The van der Waals surface area contributed by atoms with Crippen molar-refractivity contribution in [1.29, 1.82) is 0 Å². The number of fused-ring (bicyclic) bond motifs is 1. The van der Waals surface area contributed by atoms with E-state index in [0.29, 0.717) is 11.8 Å². The van der Waals surface area contributed by atoms with Crippen molar-refractivity contribution in [2.75, 3.05) is 18.6 Å². The summed E-state index contributed by atoms with van der Waals surface area (Å²) in [6, 6.07) is 4.31. The van der Waals surface area contributed by atoms with E-state index in [1.807, 2.05) is 4.90 Å². The molecule has 2 aliphatic rings. The van der Waals surface area contributed by atoms with Gasteiger partial charge < -0.3 is 9.64 Å². The number of hydrogen-bond donors (Lipinski definition) is 0. The van der Waals surface area contributed by atoms with Gasteiger partial charge in [0.2, 0.25) is 5.91 Å². The Kier molecular flexibility index (Phi) is 3.45. The zero-order valence-corrected chi connectivity index (χ0v) is 12.6. The lowest BCUT2D eigenvalue weighted by Crippen LogP contribution is -2.36. The Balaban J connectivity index is 2.03. The summed E-state index contributed by atoms with van der Waals surface area (Å²) in [5.41, 5.74) is 3.57. The van der Waals surface area contributed by atoms with Crippen molar-refractivity contribution in [2.45, 2.75) is 45.4 Å². The SMILES string of the molecule is COc1cc2c(cc1C(C)C)N(C(=O)C1CC1)CCC2. The third-order valence-corrected chi connectivity index (χ3v) is 4.36. The number of carbonyl (C=O) groups excluding carboxylic acids is 1. The Bertz CT molecular complexity index is 532. The molecular weight excluding hydrogens is 250 g/mol. The summed E-state index contributed by atoms with van der Waals surface area (Å²) in [4.78, 5) is 14.5. The lowest BCUT2D eigenvalue weighted by molar-refractivity contribution is -0.119. The molecule has 0 spiro atoms. The molecule has 108 valence electrons. The first kappa shape index (κ1) is 13.5. The van der Waals surface area contributed by atoms with E-state index in [-0.39, 0.29) is 5.92 Å². The molecule has 3 heteroatoms. The van der Waals surface area contributed by atoms with Gasteiger partial charge in [0, 0.05) is 18.2 Å². The number of hydrogen-bond acceptors (Lipinski definition) is 2. The van der Waals surface area contributed by atoms with Gasteiger partial charge in [0.1, 0.15) is 5.75 Å². The highest BCUT2D eigenvalue weighted by atomic mass is 16.5. The van der Waals surface area contributed by atoms with Gasteiger partial charge in [-0.25, -0.2) is 0 Å². The van der Waals surface area contributed by atoms with Crippen LogP contribution in [0, 0.1) is 5.92 Å². The number of aryl methyl sites for hydroxylation is 1. The van der Waals surface area contributed by atoms with Gasteiger partial charge in [-0.1, -0.05) is 13.8 Å². The number of benzene rings is 1. The van der Waals surface area contributed by atoms with Gasteiger partial charge in [0.25, 0.3) is 0 Å². The second-order valence-electron chi connectivity index (χ2n) is 6.25. The number of rotatable bonds is 3. The third kappa shape index (κ3) is 2.30. The fourth-order valence-corrected chi connectivity index (χ4v) is 3.03. The molecule has 0 unspecified atom stereocenters. The van der Waals surface area contributed by atoms with Crippen LogP contribution in [0.15, 0.2) is 12.1 Å². The van der Waals surface area contributed by atoms with Gasteiger partial charge in [0.15, 0.2) is 0 Å². The van der Waals surface area contributed by atoms with Crippen molar-refractivity contribution in [3.63, 3.8) is 0 Å². The van der Waals surface area contributed by atoms with Crippen molar-refractivity contribution in [1.82, 2.24) is 0 Å². The quantitative estimate of drug-likeness (QED) is 0.843. The maximum atomic E-state index is 12.5. The summed E-state index contributed by atoms with van der Waals surface area (Å²) in [6.45, 7) is 5.20. The van der Waals surface area contributed by atoms with Crippen LogP contribution in [0.2, 0.25) is 0 Å². The number of amides is 1. The molecule has 1 aromatic carbocycles. The van der Waals surface area contributed by atoms with Crippen LogP contribution in [0.4, 0.5) is 5.69 Å². The normalized spacial score (nSPS) is 18.1. The number of anilines is 1. The van der Waals surface area contributed by atoms with Crippen molar-refractivity contribution < 1.29 is 9.53 Å². The van der Waals surface area contributed by atoms with Crippen LogP contribution in [0.25, 0.3) is 0 Å². The fourth-order valence-electron chi connectivity index (χ4n) is 3.03. The lowest BCUT2D eigenvalue weighted by atomic mass is 9.94. The molecule has 1 aliphatic carbocycles. The highest BCUT2D eigenvalue weighted by Crippen LogP contribution is 2.39. The Hall–Kier alpha value is -1.51. The Morgan fingerprint density at radius 3 is 2.70 bits per heavy atom. The maximum Gasteiger partial charge on any atom is 0.230 e. The highest BCUT2D eigenvalue weighted by molar-refractivity contribution is 5.97. The molecule has 1 fully saturated rings. The zero-order chi connectivity index (χ0) is 14.3. The lowest BCUT2D eigenvalue weighted by Gasteiger charge is -2.31. The minimum Gasteiger partial charge on any atom is -0.496 e. The summed E-state index contributed by atoms with van der Waals surface area (Å²) in [5.74, 6) is 1.96. The van der Waals surface area contributed by atoms with E-state index in [4.69, 9.17) is 4.74 Å². The first-order chi connectivity index (χ1) is 9.61. The highest BCUT2D eigenvalue weighted by Gasteiger charge is 2.36. The van der Waals surface area contributed by atoms with Gasteiger partial charge in [-0.05, 0) is 54.9 Å². The van der Waals surface area contributed by atoms with Gasteiger partial charge in [0.05, 0.1) is 7.11 Å². The van der Waals surface area contributed by atoms with E-state index in [9.17, 15) is 4.79 Å². The minimum absolute atomic E-state index is 0.283. The molecule has 20 heavy (non-hydrogen) atoms. The van der Waals surface area contributed by atoms with Crippen molar-refractivity contribution in [3.05, 3.63) is 23.3 Å². The molecule has 0 N–H and O–H groups in total. The summed E-state index contributed by atoms with van der Waals surface area (Å²) >= 11 is 0. The molecule has 1 aliphatic heterocycles. The molecule has 0 aromatic heterocycles. The zero-order valence-electron chi connectivity index (χ0n) is 12.6. The Morgan fingerprint density at radius 1 is 1.35 bits per heavy atom. The second kappa shape index (κ2) is 5.12. The van der Waals surface area contributed by atoms with Crippen molar-refractivity contribution in [2.24, 2.45) is 5.92 Å². The fraction of sp³-hybridized carbons (Fsp3) is 0.588. The summed E-state index contributed by atoms with van der Waals surface area (Å²) in [6.07, 6.45) is 4.23. The smallest absolute Gasteiger partial charge is 0.230 e. The average molecular weight is 273 g/mol. The number of ether oxygens (including phenoxy) is 1. The van der Waals surface area contributed by atoms with E-state index >= 15 is 0 Å². The van der Waals surface area contributed by atoms with Crippen molar-refractivity contribution in [3.8, 4) is 5.75 Å². The van der Waals surface area contributed by atoms with Gasteiger partial charge in [-0.2, -0.15) is 0 Å². The standard InChI is InChI=1S/C17H23NO2/c1-11(2)14-10-15-13(9-16(14)20-3)5-4-8-18(15)17(19)12-6-7-12/h9-12H,4-8H2,1-3H3. The van der Waals surface area contributed by atoms with Gasteiger partial charge >= 0.3 is 0 Å². The number of nitrogens with zero attached hydrogens (tertiary/aromatic N) is 1. The van der Waals surface area contributed by atoms with Crippen LogP contribution in [0.1, 0.15) is 50.2 Å². The van der Waals surface area contributed by atoms with E-state index in [2.05, 4.69) is 26.0 Å². The Morgan fingerprint density at radius 2 is 2.10 bits per heavy atom. The maximum absolute atomic E-state index is 12.5. The van der Waals surface area contributed by atoms with Gasteiger partial charge in [-0.15, -0.1) is 0 Å². The van der Waals surface area contributed by atoms with E-state index in [0.717, 1.165) is 43.7 Å². The largest absolute Gasteiger partial charge is 0.496 e. The predicted octanol–water partition coefficient (Wildman–Crippen LogP) is 3.51. The van der Waals surface area contributed by atoms with Crippen LogP contribution in [0.5, 0.6) is 5.75 Å². The van der Waals surface area contributed by atoms with Crippen LogP contribution < -0.4 is 9.64 Å². The molecule has 1 saturated carbocycles. The van der Waals surface area contributed by atoms with Crippen LogP contribution in [-0.2, 0) is 11.2 Å². The molecule has 0 radical (unpaired) electrons. The van der Waals surface area contributed by atoms with Crippen LogP contribution >= 0.6 is 0 Å². The first-order valence-electron chi connectivity index (χ1n) is 7.64. The summed E-state index contributed by atoms with van der Waals surface area (Å²) in [5, 5.41) is 0. The third-order valence-electron chi connectivity index (χ3n) is 4.36. The number of methoxy groups -OCH3 is 1. The molecule has 1 amide bonds. The molecule has 1 aromatic rings. The van der Waals surface area contributed by atoms with Crippen molar-refractivity contribution >= 4 is 11.6 Å². The summed E-state index contributed by atoms with van der Waals surface area (Å²) in [7, 11) is 1.73. The van der Waals surface area contributed by atoms with Crippen LogP contribution in [-0.4, -0.2) is 19.6 Å². The van der Waals surface area contributed by atoms with E-state index in [1.54, 1.807) is 7.11 Å². The van der Waals surface area contributed by atoms with E-state index in [1.165, 1.54) is 11.1 Å². The van der Waals surface area contributed by atoms with Crippen LogP contribution in [0.3, 0.4) is 0 Å². The summed E-state index contributed by atoms with van der Waals surface area (Å²) < 4.78 is 5.52. The monoisotopic (exact) mass is 273 g/mol. The topological polar surface area (TPSA) is 29.5 Å². The predicted molar refractivity (Wildman–Crippen MR) is 80.5 cm³/mol. The molecular formula is C17H23NO2. The Labute approximate surface area is 120 Å². The number of carbonyl (C=O) groups is 1. The average Bonchev–Trinajstić information content (AvgIpc) is 3.28. The first-order valence-corrected chi connectivity index (χ1v) is 7.64. The molecule has 3 nitrogen and oxygen atoms in total. The van der Waals surface area contributed by atoms with E-state index < -0.39 is 0 Å². The molecule has 0 bridgehead atoms.